The maximum atomic E-state index is 12.2. The first-order valence-electron chi connectivity index (χ1n) is 6.83. The molecule has 102 valence electrons. The van der Waals surface area contributed by atoms with E-state index in [0.29, 0.717) is 30.0 Å². The molecule has 3 atom stereocenters. The summed E-state index contributed by atoms with van der Waals surface area (Å²) < 4.78 is 10.3. The standard InChI is InChI=1S/C14H18N2O3/c1-2-18-14(17)12(8-10-5-6-15-19-10)11-7-9-3-4-13(11)16-9/h5-6,8-9,11,13,16H,2-4,7H2,1H3/b12-8-. The van der Waals surface area contributed by atoms with Crippen LogP contribution in [-0.4, -0.2) is 29.8 Å². The number of ether oxygens (including phenoxy) is 1. The molecule has 5 heteroatoms. The lowest BCUT2D eigenvalue weighted by atomic mass is 9.83. The highest BCUT2D eigenvalue weighted by Gasteiger charge is 2.42. The van der Waals surface area contributed by atoms with E-state index in [1.54, 1.807) is 18.3 Å². The normalized spacial score (nSPS) is 29.7. The van der Waals surface area contributed by atoms with E-state index in [2.05, 4.69) is 10.5 Å². The van der Waals surface area contributed by atoms with E-state index in [0.717, 1.165) is 12.8 Å². The Bertz CT molecular complexity index is 481. The van der Waals surface area contributed by atoms with Crippen molar-refractivity contribution in [2.24, 2.45) is 5.92 Å². The van der Waals surface area contributed by atoms with Gasteiger partial charge in [0.2, 0.25) is 0 Å². The molecule has 3 unspecified atom stereocenters. The third-order valence-corrected chi connectivity index (χ3v) is 3.97. The largest absolute Gasteiger partial charge is 0.463 e. The maximum Gasteiger partial charge on any atom is 0.334 e. The van der Waals surface area contributed by atoms with Crippen LogP contribution in [0.5, 0.6) is 0 Å². The van der Waals surface area contributed by atoms with E-state index < -0.39 is 0 Å². The molecular weight excluding hydrogens is 244 g/mol. The number of nitrogens with zero attached hydrogens (tertiary/aromatic N) is 1. The summed E-state index contributed by atoms with van der Waals surface area (Å²) in [5, 5.41) is 7.21. The van der Waals surface area contributed by atoms with Gasteiger partial charge >= 0.3 is 5.97 Å². The van der Waals surface area contributed by atoms with Crippen LogP contribution in [0.15, 0.2) is 22.4 Å². The van der Waals surface area contributed by atoms with Crippen molar-refractivity contribution in [3.05, 3.63) is 23.6 Å². The Labute approximate surface area is 112 Å². The molecule has 0 saturated carbocycles. The van der Waals surface area contributed by atoms with Gasteiger partial charge < -0.3 is 14.6 Å². The zero-order valence-electron chi connectivity index (χ0n) is 11.0. The summed E-state index contributed by atoms with van der Waals surface area (Å²) in [5.74, 6) is 0.590. The van der Waals surface area contributed by atoms with Crippen LogP contribution in [0.4, 0.5) is 0 Å². The lowest BCUT2D eigenvalue weighted by Crippen LogP contribution is -2.27. The Kier molecular flexibility index (Phi) is 3.38. The van der Waals surface area contributed by atoms with Crippen LogP contribution in [0.3, 0.4) is 0 Å². The molecule has 2 fully saturated rings. The van der Waals surface area contributed by atoms with E-state index in [9.17, 15) is 4.79 Å². The number of nitrogens with one attached hydrogen (secondary N) is 1. The van der Waals surface area contributed by atoms with Gasteiger partial charge in [-0.3, -0.25) is 0 Å². The number of rotatable bonds is 4. The average molecular weight is 262 g/mol. The fraction of sp³-hybridized carbons (Fsp3) is 0.571. The van der Waals surface area contributed by atoms with Gasteiger partial charge in [0.05, 0.1) is 12.8 Å². The molecule has 0 amide bonds. The van der Waals surface area contributed by atoms with Crippen molar-refractivity contribution in [1.82, 2.24) is 10.5 Å². The Balaban J connectivity index is 1.86. The average Bonchev–Trinajstić information content (AvgIpc) is 3.13. The summed E-state index contributed by atoms with van der Waals surface area (Å²) in [5.41, 5.74) is 0.707. The third kappa shape index (κ3) is 2.42. The molecular formula is C14H18N2O3. The van der Waals surface area contributed by atoms with Crippen molar-refractivity contribution in [2.75, 3.05) is 6.61 Å². The van der Waals surface area contributed by atoms with Crippen molar-refractivity contribution in [3.8, 4) is 0 Å². The summed E-state index contributed by atoms with van der Waals surface area (Å²) >= 11 is 0. The van der Waals surface area contributed by atoms with E-state index in [4.69, 9.17) is 9.26 Å². The number of aromatic nitrogens is 1. The van der Waals surface area contributed by atoms with Gasteiger partial charge in [-0.05, 0) is 32.3 Å². The van der Waals surface area contributed by atoms with Gasteiger partial charge in [-0.2, -0.15) is 0 Å². The molecule has 1 aromatic rings. The highest BCUT2D eigenvalue weighted by molar-refractivity contribution is 5.94. The first-order chi connectivity index (χ1) is 9.28. The number of hydrogen-bond donors (Lipinski definition) is 1. The summed E-state index contributed by atoms with van der Waals surface area (Å²) in [7, 11) is 0. The van der Waals surface area contributed by atoms with Crippen LogP contribution < -0.4 is 5.32 Å². The SMILES string of the molecule is CCOC(=O)/C(=C\c1ccno1)C1CC2CCC1N2. The first-order valence-corrected chi connectivity index (χ1v) is 6.83. The van der Waals surface area contributed by atoms with Crippen LogP contribution in [0.25, 0.3) is 6.08 Å². The fourth-order valence-corrected chi connectivity index (χ4v) is 3.15. The second kappa shape index (κ2) is 5.17. The minimum Gasteiger partial charge on any atom is -0.463 e. The molecule has 19 heavy (non-hydrogen) atoms. The molecule has 0 aromatic carbocycles. The van der Waals surface area contributed by atoms with Crippen LogP contribution >= 0.6 is 0 Å². The molecule has 0 radical (unpaired) electrons. The molecule has 2 aliphatic rings. The predicted molar refractivity (Wildman–Crippen MR) is 69.2 cm³/mol. The molecule has 3 heterocycles. The van der Waals surface area contributed by atoms with Crippen molar-refractivity contribution in [1.29, 1.82) is 0 Å². The Morgan fingerprint density at radius 1 is 1.63 bits per heavy atom. The van der Waals surface area contributed by atoms with Gasteiger partial charge in [0.15, 0.2) is 5.76 Å². The number of carbonyl (C=O) groups is 1. The minimum atomic E-state index is -0.238. The van der Waals surface area contributed by atoms with Crippen molar-refractivity contribution in [2.45, 2.75) is 38.3 Å². The Morgan fingerprint density at radius 2 is 2.53 bits per heavy atom. The molecule has 2 aliphatic heterocycles. The molecule has 2 bridgehead atoms. The van der Waals surface area contributed by atoms with Crippen LogP contribution in [-0.2, 0) is 9.53 Å². The van der Waals surface area contributed by atoms with Crippen LogP contribution in [0.1, 0.15) is 31.9 Å². The highest BCUT2D eigenvalue weighted by Crippen LogP contribution is 2.38. The molecule has 1 aromatic heterocycles. The quantitative estimate of drug-likeness (QED) is 0.661. The van der Waals surface area contributed by atoms with Crippen molar-refractivity contribution in [3.63, 3.8) is 0 Å². The van der Waals surface area contributed by atoms with Gasteiger partial charge in [-0.1, -0.05) is 5.16 Å². The molecule has 2 saturated heterocycles. The Morgan fingerprint density at radius 3 is 3.11 bits per heavy atom. The number of esters is 1. The molecule has 1 N–H and O–H groups in total. The van der Waals surface area contributed by atoms with E-state index >= 15 is 0 Å². The molecule has 3 rings (SSSR count). The predicted octanol–water partition coefficient (Wildman–Crippen LogP) is 1.76. The third-order valence-electron chi connectivity index (χ3n) is 3.97. The topological polar surface area (TPSA) is 64.4 Å². The summed E-state index contributed by atoms with van der Waals surface area (Å²) in [6.45, 7) is 2.21. The number of hydrogen-bond acceptors (Lipinski definition) is 5. The first kappa shape index (κ1) is 12.4. The number of carbonyl (C=O) groups excluding carboxylic acids is 1. The van der Waals surface area contributed by atoms with Crippen LogP contribution in [0, 0.1) is 5.92 Å². The van der Waals surface area contributed by atoms with Crippen LogP contribution in [0.2, 0.25) is 0 Å². The molecule has 0 aliphatic carbocycles. The smallest absolute Gasteiger partial charge is 0.334 e. The van der Waals surface area contributed by atoms with Gasteiger partial charge in [0, 0.05) is 29.6 Å². The summed E-state index contributed by atoms with van der Waals surface area (Å²) in [4.78, 5) is 12.2. The Hall–Kier alpha value is -1.62. The summed E-state index contributed by atoms with van der Waals surface area (Å²) in [6.07, 6.45) is 6.69. The molecule has 5 nitrogen and oxygen atoms in total. The van der Waals surface area contributed by atoms with E-state index in [-0.39, 0.29) is 11.9 Å². The van der Waals surface area contributed by atoms with Gasteiger partial charge in [0.25, 0.3) is 0 Å². The fourth-order valence-electron chi connectivity index (χ4n) is 3.15. The van der Waals surface area contributed by atoms with Crippen molar-refractivity contribution < 1.29 is 14.1 Å². The van der Waals surface area contributed by atoms with E-state index in [1.807, 2.05) is 6.92 Å². The minimum absolute atomic E-state index is 0.225. The maximum absolute atomic E-state index is 12.2. The van der Waals surface area contributed by atoms with Gasteiger partial charge in [-0.15, -0.1) is 0 Å². The lowest BCUT2D eigenvalue weighted by molar-refractivity contribution is -0.139. The molecule has 0 spiro atoms. The van der Waals surface area contributed by atoms with Crippen molar-refractivity contribution >= 4 is 12.0 Å². The summed E-state index contributed by atoms with van der Waals surface area (Å²) in [6, 6.07) is 2.69. The second-order valence-electron chi connectivity index (χ2n) is 5.12. The van der Waals surface area contributed by atoms with Gasteiger partial charge in [-0.25, -0.2) is 4.79 Å². The number of fused-ring (bicyclic) bond motifs is 2. The van der Waals surface area contributed by atoms with E-state index in [1.165, 1.54) is 6.42 Å². The highest BCUT2D eigenvalue weighted by atomic mass is 16.5. The monoisotopic (exact) mass is 262 g/mol. The second-order valence-corrected chi connectivity index (χ2v) is 5.12. The zero-order valence-corrected chi connectivity index (χ0v) is 11.0. The lowest BCUT2D eigenvalue weighted by Gasteiger charge is -2.21. The zero-order chi connectivity index (χ0) is 13.2. The van der Waals surface area contributed by atoms with Gasteiger partial charge in [0.1, 0.15) is 0 Å².